The standard InChI is InChI=1S/C26H32N2OS.ClH/c1-3-5-13-28-14-11-20(12-15-28)25-19-27-26-10-9-23(18-24(25)26)30-22-8-6-7-21(17-22)29-16-4-2;/h6-11,17-19,27H,3-5,12-16H2,1-2H3;1H. The van der Waals surface area contributed by atoms with Gasteiger partial charge in [0.2, 0.25) is 0 Å². The summed E-state index contributed by atoms with van der Waals surface area (Å²) >= 11 is 1.80. The van der Waals surface area contributed by atoms with Crippen LogP contribution < -0.4 is 4.74 Å². The van der Waals surface area contributed by atoms with Crippen molar-refractivity contribution in [2.45, 2.75) is 49.3 Å². The number of fused-ring (bicyclic) bond motifs is 1. The number of nitrogens with zero attached hydrogens (tertiary/aromatic N) is 1. The second kappa shape index (κ2) is 11.7. The molecule has 0 aliphatic carbocycles. The molecule has 5 heteroatoms. The average Bonchev–Trinajstić information content (AvgIpc) is 3.20. The lowest BCUT2D eigenvalue weighted by Gasteiger charge is -2.26. The van der Waals surface area contributed by atoms with Crippen LogP contribution in [-0.2, 0) is 0 Å². The van der Waals surface area contributed by atoms with E-state index < -0.39 is 0 Å². The summed E-state index contributed by atoms with van der Waals surface area (Å²) < 4.78 is 5.79. The third kappa shape index (κ3) is 6.09. The maximum atomic E-state index is 5.79. The van der Waals surface area contributed by atoms with Gasteiger partial charge in [0.25, 0.3) is 0 Å². The van der Waals surface area contributed by atoms with E-state index in [1.54, 1.807) is 11.8 Å². The van der Waals surface area contributed by atoms with Crippen LogP contribution in [0.15, 0.2) is 64.5 Å². The highest BCUT2D eigenvalue weighted by atomic mass is 35.5. The molecule has 2 aromatic carbocycles. The minimum Gasteiger partial charge on any atom is -0.494 e. The molecular formula is C26H33ClN2OS. The van der Waals surface area contributed by atoms with Gasteiger partial charge in [-0.2, -0.15) is 0 Å². The number of hydrogen-bond acceptors (Lipinski definition) is 3. The van der Waals surface area contributed by atoms with Crippen LogP contribution in [0, 0.1) is 0 Å². The molecule has 166 valence electrons. The number of benzene rings is 2. The van der Waals surface area contributed by atoms with Crippen LogP contribution in [0.25, 0.3) is 16.5 Å². The molecule has 0 amide bonds. The van der Waals surface area contributed by atoms with Gasteiger partial charge in [0, 0.05) is 45.5 Å². The highest BCUT2D eigenvalue weighted by Gasteiger charge is 2.15. The summed E-state index contributed by atoms with van der Waals surface area (Å²) in [7, 11) is 0. The van der Waals surface area contributed by atoms with E-state index in [0.717, 1.165) is 38.3 Å². The topological polar surface area (TPSA) is 28.3 Å². The lowest BCUT2D eigenvalue weighted by atomic mass is 9.99. The molecule has 2 heterocycles. The van der Waals surface area contributed by atoms with E-state index in [0.29, 0.717) is 0 Å². The molecule has 3 aromatic rings. The largest absolute Gasteiger partial charge is 0.494 e. The van der Waals surface area contributed by atoms with E-state index in [1.807, 2.05) is 6.07 Å². The second-order valence-corrected chi connectivity index (χ2v) is 9.12. The fraction of sp³-hybridized carbons (Fsp3) is 0.385. The maximum Gasteiger partial charge on any atom is 0.120 e. The minimum atomic E-state index is 0. The molecule has 4 rings (SSSR count). The summed E-state index contributed by atoms with van der Waals surface area (Å²) in [5.41, 5.74) is 4.05. The Morgan fingerprint density at radius 2 is 1.94 bits per heavy atom. The molecule has 0 fully saturated rings. The highest BCUT2D eigenvalue weighted by Crippen LogP contribution is 2.35. The van der Waals surface area contributed by atoms with Crippen molar-refractivity contribution in [3.63, 3.8) is 0 Å². The SMILES string of the molecule is CCCCN1CC=C(c2c[nH]c3ccc(Sc4cccc(OCCC)c4)cc23)CC1.Cl. The van der Waals surface area contributed by atoms with Gasteiger partial charge in [-0.05, 0) is 67.8 Å². The maximum absolute atomic E-state index is 5.79. The number of rotatable bonds is 9. The quantitative estimate of drug-likeness (QED) is 0.363. The molecule has 0 unspecified atom stereocenters. The van der Waals surface area contributed by atoms with Crippen molar-refractivity contribution in [1.29, 1.82) is 0 Å². The Balaban J connectivity index is 0.00000272. The number of aromatic amines is 1. The van der Waals surface area contributed by atoms with Crippen LogP contribution in [0.4, 0.5) is 0 Å². The Bertz CT molecular complexity index is 1010. The highest BCUT2D eigenvalue weighted by molar-refractivity contribution is 7.99. The average molecular weight is 457 g/mol. The predicted molar refractivity (Wildman–Crippen MR) is 136 cm³/mol. The van der Waals surface area contributed by atoms with Crippen molar-refractivity contribution in [3.8, 4) is 5.75 Å². The molecule has 0 radical (unpaired) electrons. The number of hydrogen-bond donors (Lipinski definition) is 1. The summed E-state index contributed by atoms with van der Waals surface area (Å²) in [6, 6.07) is 15.1. The van der Waals surface area contributed by atoms with Gasteiger partial charge in [-0.15, -0.1) is 12.4 Å². The van der Waals surface area contributed by atoms with Crippen molar-refractivity contribution in [1.82, 2.24) is 9.88 Å². The Morgan fingerprint density at radius 3 is 2.71 bits per heavy atom. The van der Waals surface area contributed by atoms with Crippen LogP contribution in [-0.4, -0.2) is 36.1 Å². The van der Waals surface area contributed by atoms with E-state index in [4.69, 9.17) is 4.74 Å². The first-order chi connectivity index (χ1) is 14.8. The van der Waals surface area contributed by atoms with Gasteiger partial charge < -0.3 is 9.72 Å². The third-order valence-electron chi connectivity index (χ3n) is 5.63. The third-order valence-corrected chi connectivity index (χ3v) is 6.61. The molecular weight excluding hydrogens is 424 g/mol. The van der Waals surface area contributed by atoms with Gasteiger partial charge in [-0.25, -0.2) is 0 Å². The molecule has 31 heavy (non-hydrogen) atoms. The first-order valence-electron chi connectivity index (χ1n) is 11.2. The Labute approximate surface area is 196 Å². The van der Waals surface area contributed by atoms with E-state index in [2.05, 4.69) is 72.4 Å². The summed E-state index contributed by atoms with van der Waals surface area (Å²) in [6.45, 7) is 8.61. The Morgan fingerprint density at radius 1 is 1.06 bits per heavy atom. The summed E-state index contributed by atoms with van der Waals surface area (Å²) in [4.78, 5) is 8.51. The number of ether oxygens (including phenoxy) is 1. The molecule has 0 saturated heterocycles. The number of unbranched alkanes of at least 4 members (excludes halogenated alkanes) is 1. The van der Waals surface area contributed by atoms with Gasteiger partial charge in [-0.3, -0.25) is 4.90 Å². The lowest BCUT2D eigenvalue weighted by Crippen LogP contribution is -2.29. The molecule has 1 aromatic heterocycles. The number of aromatic nitrogens is 1. The fourth-order valence-corrected chi connectivity index (χ4v) is 4.86. The summed E-state index contributed by atoms with van der Waals surface area (Å²) in [6.07, 6.45) is 9.33. The lowest BCUT2D eigenvalue weighted by molar-refractivity contribution is 0.297. The van der Waals surface area contributed by atoms with Crippen LogP contribution in [0.1, 0.15) is 45.1 Å². The molecule has 1 aliphatic rings. The predicted octanol–water partition coefficient (Wildman–Crippen LogP) is 7.42. The van der Waals surface area contributed by atoms with Gasteiger partial charge >= 0.3 is 0 Å². The van der Waals surface area contributed by atoms with Gasteiger partial charge in [-0.1, -0.05) is 44.2 Å². The zero-order valence-corrected chi connectivity index (χ0v) is 20.2. The Kier molecular flexibility index (Phi) is 8.94. The van der Waals surface area contributed by atoms with Crippen LogP contribution in [0.5, 0.6) is 5.75 Å². The summed E-state index contributed by atoms with van der Waals surface area (Å²) in [5, 5.41) is 1.33. The molecule has 0 atom stereocenters. The number of H-pyrrole nitrogens is 1. The van der Waals surface area contributed by atoms with Crippen LogP contribution in [0.2, 0.25) is 0 Å². The van der Waals surface area contributed by atoms with E-state index in [-0.39, 0.29) is 12.4 Å². The number of halogens is 1. The van der Waals surface area contributed by atoms with E-state index >= 15 is 0 Å². The van der Waals surface area contributed by atoms with Crippen molar-refractivity contribution in [2.24, 2.45) is 0 Å². The van der Waals surface area contributed by atoms with E-state index in [1.165, 1.54) is 51.2 Å². The molecule has 3 nitrogen and oxygen atoms in total. The molecule has 0 saturated carbocycles. The van der Waals surface area contributed by atoms with Gasteiger partial charge in [0.05, 0.1) is 6.61 Å². The Hall–Kier alpha value is -1.88. The van der Waals surface area contributed by atoms with Gasteiger partial charge in [0.15, 0.2) is 0 Å². The van der Waals surface area contributed by atoms with Crippen molar-refractivity contribution in [3.05, 3.63) is 60.3 Å². The molecule has 0 spiro atoms. The van der Waals surface area contributed by atoms with Crippen LogP contribution in [0.3, 0.4) is 0 Å². The zero-order chi connectivity index (χ0) is 20.8. The molecule has 1 aliphatic heterocycles. The first kappa shape index (κ1) is 23.8. The molecule has 0 bridgehead atoms. The van der Waals surface area contributed by atoms with Crippen molar-refractivity contribution >= 4 is 40.6 Å². The van der Waals surface area contributed by atoms with Gasteiger partial charge in [0.1, 0.15) is 5.75 Å². The monoisotopic (exact) mass is 456 g/mol. The normalized spacial score (nSPS) is 14.3. The van der Waals surface area contributed by atoms with Crippen molar-refractivity contribution < 1.29 is 4.74 Å². The van der Waals surface area contributed by atoms with E-state index in [9.17, 15) is 0 Å². The number of nitrogens with one attached hydrogen (secondary N) is 1. The molecule has 1 N–H and O–H groups in total. The van der Waals surface area contributed by atoms with Crippen molar-refractivity contribution in [2.75, 3.05) is 26.2 Å². The smallest absolute Gasteiger partial charge is 0.120 e. The zero-order valence-electron chi connectivity index (χ0n) is 18.5. The first-order valence-corrected chi connectivity index (χ1v) is 12.0. The fourth-order valence-electron chi connectivity index (χ4n) is 3.95. The summed E-state index contributed by atoms with van der Waals surface area (Å²) in [5.74, 6) is 0.949. The van der Waals surface area contributed by atoms with Crippen LogP contribution >= 0.6 is 24.2 Å². The second-order valence-electron chi connectivity index (χ2n) is 7.97. The minimum absolute atomic E-state index is 0.